The van der Waals surface area contributed by atoms with Crippen molar-refractivity contribution in [2.24, 2.45) is 0 Å². The Morgan fingerprint density at radius 3 is 2.68 bits per heavy atom. The molecule has 4 rings (SSSR count). The fourth-order valence-corrected chi connectivity index (χ4v) is 3.15. The molecule has 1 N–H and O–H groups in total. The summed E-state index contributed by atoms with van der Waals surface area (Å²) < 4.78 is 0. The minimum absolute atomic E-state index is 0.433. The molecule has 0 bridgehead atoms. The average Bonchev–Trinajstić information content (AvgIpc) is 2.70. The molecule has 1 aliphatic rings. The van der Waals surface area contributed by atoms with Gasteiger partial charge in [0, 0.05) is 50.0 Å². The SMILES string of the molecule is c1cnc(N2CCCC(c3ccnc(Nc4cnccn4)c3)C2)nc1. The molecule has 126 valence electrons. The van der Waals surface area contributed by atoms with Crippen LogP contribution < -0.4 is 10.2 Å². The Morgan fingerprint density at radius 1 is 0.960 bits per heavy atom. The van der Waals surface area contributed by atoms with Gasteiger partial charge in [-0.3, -0.25) is 4.98 Å². The lowest BCUT2D eigenvalue weighted by Gasteiger charge is -2.33. The predicted molar refractivity (Wildman–Crippen MR) is 95.8 cm³/mol. The van der Waals surface area contributed by atoms with Crippen molar-refractivity contribution in [3.8, 4) is 0 Å². The lowest BCUT2D eigenvalue weighted by Crippen LogP contribution is -2.35. The second-order valence-electron chi connectivity index (χ2n) is 6.02. The number of aromatic nitrogens is 5. The number of hydrogen-bond acceptors (Lipinski definition) is 7. The second kappa shape index (κ2) is 7.21. The van der Waals surface area contributed by atoms with Crippen LogP contribution in [0.25, 0.3) is 0 Å². The molecule has 7 nitrogen and oxygen atoms in total. The standard InChI is InChI=1S/C18H19N7/c1-3-15(13-25(10-1)18-22-5-2-6-23-18)14-4-7-20-16(11-14)24-17-12-19-8-9-21-17/h2,4-9,11-12,15H,1,3,10,13H2,(H,20,21,24). The minimum Gasteiger partial charge on any atom is -0.340 e. The third-order valence-electron chi connectivity index (χ3n) is 4.33. The third-order valence-corrected chi connectivity index (χ3v) is 4.33. The van der Waals surface area contributed by atoms with E-state index in [0.717, 1.165) is 37.7 Å². The molecule has 1 saturated heterocycles. The van der Waals surface area contributed by atoms with E-state index in [4.69, 9.17) is 0 Å². The molecule has 3 aromatic rings. The van der Waals surface area contributed by atoms with Gasteiger partial charge in [0.2, 0.25) is 5.95 Å². The summed E-state index contributed by atoms with van der Waals surface area (Å²) in [4.78, 5) is 23.7. The number of rotatable bonds is 4. The molecule has 0 radical (unpaired) electrons. The zero-order valence-corrected chi connectivity index (χ0v) is 13.8. The van der Waals surface area contributed by atoms with Gasteiger partial charge >= 0.3 is 0 Å². The van der Waals surface area contributed by atoms with Crippen molar-refractivity contribution in [2.75, 3.05) is 23.3 Å². The highest BCUT2D eigenvalue weighted by molar-refractivity contribution is 5.51. The molecular weight excluding hydrogens is 314 g/mol. The summed E-state index contributed by atoms with van der Waals surface area (Å²) >= 11 is 0. The summed E-state index contributed by atoms with van der Waals surface area (Å²) in [5.41, 5.74) is 1.27. The van der Waals surface area contributed by atoms with Gasteiger partial charge in [0.15, 0.2) is 0 Å². The topological polar surface area (TPSA) is 79.7 Å². The largest absolute Gasteiger partial charge is 0.340 e. The smallest absolute Gasteiger partial charge is 0.225 e. The van der Waals surface area contributed by atoms with Gasteiger partial charge in [-0.2, -0.15) is 0 Å². The van der Waals surface area contributed by atoms with Gasteiger partial charge in [-0.05, 0) is 36.6 Å². The van der Waals surface area contributed by atoms with E-state index in [-0.39, 0.29) is 0 Å². The van der Waals surface area contributed by atoms with Crippen LogP contribution in [0.3, 0.4) is 0 Å². The van der Waals surface area contributed by atoms with Crippen molar-refractivity contribution < 1.29 is 0 Å². The summed E-state index contributed by atoms with van der Waals surface area (Å²) in [7, 11) is 0. The van der Waals surface area contributed by atoms with Crippen LogP contribution in [0.4, 0.5) is 17.6 Å². The first-order valence-electron chi connectivity index (χ1n) is 8.39. The zero-order valence-electron chi connectivity index (χ0n) is 13.8. The van der Waals surface area contributed by atoms with E-state index in [9.17, 15) is 0 Å². The van der Waals surface area contributed by atoms with Gasteiger partial charge in [-0.1, -0.05) is 0 Å². The van der Waals surface area contributed by atoms with E-state index in [2.05, 4.69) is 47.3 Å². The molecule has 0 aliphatic carbocycles. The molecule has 25 heavy (non-hydrogen) atoms. The summed E-state index contributed by atoms with van der Waals surface area (Å²) in [6.07, 6.45) is 12.7. The minimum atomic E-state index is 0.433. The van der Waals surface area contributed by atoms with Crippen molar-refractivity contribution in [1.29, 1.82) is 0 Å². The van der Waals surface area contributed by atoms with E-state index in [1.807, 2.05) is 12.3 Å². The van der Waals surface area contributed by atoms with Crippen LogP contribution >= 0.6 is 0 Å². The molecule has 0 spiro atoms. The van der Waals surface area contributed by atoms with Gasteiger partial charge in [0.05, 0.1) is 6.20 Å². The van der Waals surface area contributed by atoms with Crippen molar-refractivity contribution in [1.82, 2.24) is 24.9 Å². The highest BCUT2D eigenvalue weighted by Gasteiger charge is 2.23. The summed E-state index contributed by atoms with van der Waals surface area (Å²) in [5.74, 6) is 2.71. The predicted octanol–water partition coefficient (Wildman–Crippen LogP) is 2.79. The van der Waals surface area contributed by atoms with E-state index in [1.54, 1.807) is 31.0 Å². The summed E-state index contributed by atoms with van der Waals surface area (Å²) in [6.45, 7) is 1.91. The van der Waals surface area contributed by atoms with E-state index in [0.29, 0.717) is 11.7 Å². The number of pyridine rings is 1. The molecule has 1 fully saturated rings. The Labute approximate surface area is 146 Å². The number of hydrogen-bond donors (Lipinski definition) is 1. The molecule has 0 aromatic carbocycles. The molecular formula is C18H19N7. The van der Waals surface area contributed by atoms with Gasteiger partial charge in [-0.15, -0.1) is 0 Å². The quantitative estimate of drug-likeness (QED) is 0.786. The van der Waals surface area contributed by atoms with Gasteiger partial charge in [0.1, 0.15) is 11.6 Å². The summed E-state index contributed by atoms with van der Waals surface area (Å²) in [5, 5.41) is 3.20. The average molecular weight is 333 g/mol. The molecule has 3 aromatic heterocycles. The Morgan fingerprint density at radius 2 is 1.84 bits per heavy atom. The van der Waals surface area contributed by atoms with Gasteiger partial charge in [0.25, 0.3) is 0 Å². The first-order chi connectivity index (χ1) is 12.4. The first kappa shape index (κ1) is 15.4. The van der Waals surface area contributed by atoms with Gasteiger partial charge in [-0.25, -0.2) is 19.9 Å². The molecule has 1 unspecified atom stereocenters. The molecule has 7 heteroatoms. The fraction of sp³-hybridized carbons (Fsp3) is 0.278. The van der Waals surface area contributed by atoms with Crippen molar-refractivity contribution >= 4 is 17.6 Å². The maximum absolute atomic E-state index is 4.39. The normalized spacial score (nSPS) is 17.3. The van der Waals surface area contributed by atoms with Crippen molar-refractivity contribution in [2.45, 2.75) is 18.8 Å². The number of piperidine rings is 1. The van der Waals surface area contributed by atoms with Crippen LogP contribution in [0.15, 0.2) is 55.4 Å². The van der Waals surface area contributed by atoms with Crippen LogP contribution in [-0.2, 0) is 0 Å². The number of nitrogens with one attached hydrogen (secondary N) is 1. The monoisotopic (exact) mass is 333 g/mol. The van der Waals surface area contributed by atoms with Crippen LogP contribution in [-0.4, -0.2) is 38.0 Å². The van der Waals surface area contributed by atoms with Crippen LogP contribution in [0, 0.1) is 0 Å². The lowest BCUT2D eigenvalue weighted by atomic mass is 9.91. The van der Waals surface area contributed by atoms with Crippen LogP contribution in [0.5, 0.6) is 0 Å². The lowest BCUT2D eigenvalue weighted by molar-refractivity contribution is 0.503. The molecule has 0 amide bonds. The zero-order chi connectivity index (χ0) is 16.9. The van der Waals surface area contributed by atoms with E-state index < -0.39 is 0 Å². The fourth-order valence-electron chi connectivity index (χ4n) is 3.15. The van der Waals surface area contributed by atoms with Crippen molar-refractivity contribution in [3.05, 3.63) is 60.9 Å². The van der Waals surface area contributed by atoms with Gasteiger partial charge < -0.3 is 10.2 Å². The molecule has 1 atom stereocenters. The second-order valence-corrected chi connectivity index (χ2v) is 6.02. The third kappa shape index (κ3) is 3.71. The maximum Gasteiger partial charge on any atom is 0.225 e. The Bertz CT molecular complexity index is 810. The van der Waals surface area contributed by atoms with Crippen LogP contribution in [0.2, 0.25) is 0 Å². The molecule has 0 saturated carbocycles. The van der Waals surface area contributed by atoms with Crippen LogP contribution in [0.1, 0.15) is 24.3 Å². The van der Waals surface area contributed by atoms with E-state index in [1.165, 1.54) is 5.56 Å². The highest BCUT2D eigenvalue weighted by atomic mass is 15.2. The first-order valence-corrected chi connectivity index (χ1v) is 8.39. The summed E-state index contributed by atoms with van der Waals surface area (Å²) in [6, 6.07) is 6.02. The maximum atomic E-state index is 4.39. The molecule has 1 aliphatic heterocycles. The Kier molecular flexibility index (Phi) is 4.45. The molecule has 4 heterocycles. The van der Waals surface area contributed by atoms with Crippen molar-refractivity contribution in [3.63, 3.8) is 0 Å². The van der Waals surface area contributed by atoms with E-state index >= 15 is 0 Å². The Hall–Kier alpha value is -3.09. The highest BCUT2D eigenvalue weighted by Crippen LogP contribution is 2.29. The Balaban J connectivity index is 1.50. The number of anilines is 3. The number of nitrogens with zero attached hydrogens (tertiary/aromatic N) is 6.